The lowest BCUT2D eigenvalue weighted by molar-refractivity contribution is -0.139. The second kappa shape index (κ2) is 7.43. The maximum Gasteiger partial charge on any atom is 0.326 e. The Morgan fingerprint density at radius 2 is 2.22 bits per heavy atom. The SMILES string of the molecule is CCc1ccc(C(=O)NC(CCSC)C(=O)O)s1. The molecule has 0 saturated carbocycles. The molecule has 4 nitrogen and oxygen atoms in total. The van der Waals surface area contributed by atoms with Crippen LogP contribution in [0.5, 0.6) is 0 Å². The Morgan fingerprint density at radius 1 is 1.50 bits per heavy atom. The lowest BCUT2D eigenvalue weighted by Gasteiger charge is -2.12. The number of carbonyl (C=O) groups excluding carboxylic acids is 1. The monoisotopic (exact) mass is 287 g/mol. The molecule has 1 aromatic rings. The third-order valence-corrected chi connectivity index (χ3v) is 4.32. The number of carboxylic acid groups (broad SMARTS) is 1. The molecule has 2 N–H and O–H groups in total. The number of amides is 1. The molecule has 6 heteroatoms. The molecule has 0 bridgehead atoms. The van der Waals surface area contributed by atoms with Crippen LogP contribution in [0, 0.1) is 0 Å². The van der Waals surface area contributed by atoms with Gasteiger partial charge in [-0.3, -0.25) is 4.79 Å². The molecule has 0 aliphatic rings. The molecule has 0 radical (unpaired) electrons. The van der Waals surface area contributed by atoms with Crippen LogP contribution in [0.2, 0.25) is 0 Å². The molecule has 1 amide bonds. The molecule has 0 saturated heterocycles. The zero-order chi connectivity index (χ0) is 13.5. The minimum atomic E-state index is -0.982. The van der Waals surface area contributed by atoms with Gasteiger partial charge in [0.1, 0.15) is 6.04 Å². The van der Waals surface area contributed by atoms with Crippen molar-refractivity contribution in [2.24, 2.45) is 0 Å². The molecule has 0 fully saturated rings. The third-order valence-electron chi connectivity index (χ3n) is 2.45. The fourth-order valence-electron chi connectivity index (χ4n) is 1.41. The highest BCUT2D eigenvalue weighted by atomic mass is 32.2. The van der Waals surface area contributed by atoms with Crippen LogP contribution in [0.25, 0.3) is 0 Å². The second-order valence-corrected chi connectivity index (χ2v) is 5.92. The average Bonchev–Trinajstić information content (AvgIpc) is 2.82. The minimum absolute atomic E-state index is 0.298. The average molecular weight is 287 g/mol. The first-order valence-corrected chi connectivity index (χ1v) is 7.90. The molecule has 0 aromatic carbocycles. The topological polar surface area (TPSA) is 66.4 Å². The van der Waals surface area contributed by atoms with Gasteiger partial charge < -0.3 is 10.4 Å². The number of nitrogens with one attached hydrogen (secondary N) is 1. The maximum atomic E-state index is 11.9. The largest absolute Gasteiger partial charge is 0.480 e. The summed E-state index contributed by atoms with van der Waals surface area (Å²) in [6, 6.07) is 2.83. The normalized spacial score (nSPS) is 12.1. The fraction of sp³-hybridized carbons (Fsp3) is 0.500. The Kier molecular flexibility index (Phi) is 6.21. The number of carbonyl (C=O) groups is 2. The fourth-order valence-corrected chi connectivity index (χ4v) is 2.73. The third kappa shape index (κ3) is 4.34. The highest BCUT2D eigenvalue weighted by Gasteiger charge is 2.20. The Balaban J connectivity index is 2.62. The first-order valence-electron chi connectivity index (χ1n) is 5.69. The van der Waals surface area contributed by atoms with E-state index in [0.717, 1.165) is 11.3 Å². The summed E-state index contributed by atoms with van der Waals surface area (Å²) in [7, 11) is 0. The molecule has 0 spiro atoms. The Hall–Kier alpha value is -1.01. The van der Waals surface area contributed by atoms with E-state index in [1.54, 1.807) is 17.8 Å². The van der Waals surface area contributed by atoms with E-state index in [2.05, 4.69) is 5.32 Å². The number of thiophene rings is 1. The van der Waals surface area contributed by atoms with Crippen molar-refractivity contribution < 1.29 is 14.7 Å². The molecular formula is C12H17NO3S2. The quantitative estimate of drug-likeness (QED) is 0.807. The van der Waals surface area contributed by atoms with E-state index in [1.165, 1.54) is 11.3 Å². The summed E-state index contributed by atoms with van der Waals surface area (Å²) >= 11 is 2.97. The molecule has 0 aliphatic heterocycles. The van der Waals surface area contributed by atoms with Gasteiger partial charge in [0.25, 0.3) is 5.91 Å². The number of aliphatic carboxylic acids is 1. The van der Waals surface area contributed by atoms with Gasteiger partial charge in [0, 0.05) is 4.88 Å². The van der Waals surface area contributed by atoms with Gasteiger partial charge in [-0.15, -0.1) is 11.3 Å². The number of hydrogen-bond donors (Lipinski definition) is 2. The van der Waals surface area contributed by atoms with Crippen molar-refractivity contribution in [2.45, 2.75) is 25.8 Å². The van der Waals surface area contributed by atoms with Gasteiger partial charge in [0.05, 0.1) is 4.88 Å². The van der Waals surface area contributed by atoms with Crippen LogP contribution in [0.4, 0.5) is 0 Å². The summed E-state index contributed by atoms with van der Waals surface area (Å²) in [5.41, 5.74) is 0. The Bertz CT molecular complexity index is 417. The number of rotatable bonds is 7. The zero-order valence-electron chi connectivity index (χ0n) is 10.4. The van der Waals surface area contributed by atoms with Crippen LogP contribution < -0.4 is 5.32 Å². The van der Waals surface area contributed by atoms with E-state index < -0.39 is 12.0 Å². The first-order chi connectivity index (χ1) is 8.58. The van der Waals surface area contributed by atoms with Crippen LogP contribution in [0.1, 0.15) is 27.9 Å². The molecule has 100 valence electrons. The van der Waals surface area contributed by atoms with Crippen LogP contribution in [0.15, 0.2) is 12.1 Å². The zero-order valence-corrected chi connectivity index (χ0v) is 12.1. The molecule has 1 rings (SSSR count). The van der Waals surface area contributed by atoms with Crippen LogP contribution >= 0.6 is 23.1 Å². The predicted octanol–water partition coefficient (Wildman–Crippen LogP) is 2.25. The number of thioether (sulfide) groups is 1. The molecule has 1 unspecified atom stereocenters. The van der Waals surface area contributed by atoms with Gasteiger partial charge in [0.2, 0.25) is 0 Å². The van der Waals surface area contributed by atoms with Gasteiger partial charge in [-0.2, -0.15) is 11.8 Å². The van der Waals surface area contributed by atoms with Crippen molar-refractivity contribution in [1.82, 2.24) is 5.32 Å². The molecule has 1 heterocycles. The summed E-state index contributed by atoms with van der Waals surface area (Å²) in [6.45, 7) is 2.02. The van der Waals surface area contributed by atoms with Gasteiger partial charge in [-0.05, 0) is 37.0 Å². The van der Waals surface area contributed by atoms with E-state index in [9.17, 15) is 9.59 Å². The molecule has 0 aliphatic carbocycles. The van der Waals surface area contributed by atoms with Gasteiger partial charge in [-0.25, -0.2) is 4.79 Å². The van der Waals surface area contributed by atoms with Crippen LogP contribution in [-0.4, -0.2) is 35.0 Å². The molecular weight excluding hydrogens is 270 g/mol. The molecule has 1 atom stereocenters. The number of hydrogen-bond acceptors (Lipinski definition) is 4. The van der Waals surface area contributed by atoms with Crippen molar-refractivity contribution >= 4 is 35.0 Å². The van der Waals surface area contributed by atoms with Crippen LogP contribution in [0.3, 0.4) is 0 Å². The van der Waals surface area contributed by atoms with Crippen LogP contribution in [-0.2, 0) is 11.2 Å². The van der Waals surface area contributed by atoms with E-state index >= 15 is 0 Å². The number of aryl methyl sites for hydroxylation is 1. The van der Waals surface area contributed by atoms with Crippen molar-refractivity contribution in [3.8, 4) is 0 Å². The first kappa shape index (κ1) is 15.0. The Labute approximate surface area is 115 Å². The highest BCUT2D eigenvalue weighted by molar-refractivity contribution is 7.98. The van der Waals surface area contributed by atoms with E-state index in [1.807, 2.05) is 19.2 Å². The van der Waals surface area contributed by atoms with Crippen molar-refractivity contribution in [3.63, 3.8) is 0 Å². The number of carboxylic acids is 1. The molecule has 18 heavy (non-hydrogen) atoms. The van der Waals surface area contributed by atoms with E-state index in [0.29, 0.717) is 17.1 Å². The lowest BCUT2D eigenvalue weighted by Crippen LogP contribution is -2.40. The summed E-state index contributed by atoms with van der Waals surface area (Å²) in [5, 5.41) is 11.6. The van der Waals surface area contributed by atoms with Crippen molar-refractivity contribution in [3.05, 3.63) is 21.9 Å². The molecule has 1 aromatic heterocycles. The summed E-state index contributed by atoms with van der Waals surface area (Å²) in [6.07, 6.45) is 3.23. The van der Waals surface area contributed by atoms with Gasteiger partial charge in [0.15, 0.2) is 0 Å². The van der Waals surface area contributed by atoms with Gasteiger partial charge in [-0.1, -0.05) is 6.92 Å². The van der Waals surface area contributed by atoms with E-state index in [4.69, 9.17) is 5.11 Å². The summed E-state index contributed by atoms with van der Waals surface area (Å²) in [5.74, 6) is -0.570. The summed E-state index contributed by atoms with van der Waals surface area (Å²) in [4.78, 5) is 24.6. The lowest BCUT2D eigenvalue weighted by atomic mass is 10.2. The maximum absolute atomic E-state index is 11.9. The smallest absolute Gasteiger partial charge is 0.326 e. The Morgan fingerprint density at radius 3 is 2.72 bits per heavy atom. The summed E-state index contributed by atoms with van der Waals surface area (Å²) < 4.78 is 0. The predicted molar refractivity (Wildman–Crippen MR) is 75.6 cm³/mol. The minimum Gasteiger partial charge on any atom is -0.480 e. The van der Waals surface area contributed by atoms with Crippen molar-refractivity contribution in [1.29, 1.82) is 0 Å². The second-order valence-electron chi connectivity index (χ2n) is 3.77. The van der Waals surface area contributed by atoms with E-state index in [-0.39, 0.29) is 5.91 Å². The van der Waals surface area contributed by atoms with Gasteiger partial charge >= 0.3 is 5.97 Å². The van der Waals surface area contributed by atoms with Crippen molar-refractivity contribution in [2.75, 3.05) is 12.0 Å². The standard InChI is InChI=1S/C12H17NO3S2/c1-3-8-4-5-10(18-8)11(14)13-9(12(15)16)6-7-17-2/h4-5,9H,3,6-7H2,1-2H3,(H,13,14)(H,15,16). The highest BCUT2D eigenvalue weighted by Crippen LogP contribution is 2.17.